The van der Waals surface area contributed by atoms with Crippen LogP contribution in [0.2, 0.25) is 0 Å². The summed E-state index contributed by atoms with van der Waals surface area (Å²) in [5.41, 5.74) is 0.827. The molecule has 1 amide bonds. The van der Waals surface area contributed by atoms with E-state index >= 15 is 0 Å². The van der Waals surface area contributed by atoms with Crippen LogP contribution in [0.25, 0.3) is 0 Å². The summed E-state index contributed by atoms with van der Waals surface area (Å²) in [6.45, 7) is 3.97. The Kier molecular flexibility index (Phi) is 7.66. The number of hydrogen-bond donors (Lipinski definition) is 4. The number of amides is 1. The normalized spacial score (nSPS) is 11.1. The minimum Gasteiger partial charge on any atom is -0.478 e. The third-order valence-corrected chi connectivity index (χ3v) is 6.06. The fourth-order valence-electron chi connectivity index (χ4n) is 2.50. The van der Waals surface area contributed by atoms with Gasteiger partial charge in [-0.1, -0.05) is 25.1 Å². The Morgan fingerprint density at radius 2 is 1.83 bits per heavy atom. The zero-order valence-electron chi connectivity index (χ0n) is 16.1. The van der Waals surface area contributed by atoms with E-state index in [1.807, 2.05) is 6.92 Å². The summed E-state index contributed by atoms with van der Waals surface area (Å²) in [4.78, 5) is 23.4. The lowest BCUT2D eigenvalue weighted by Crippen LogP contribution is -2.16. The van der Waals surface area contributed by atoms with E-state index in [4.69, 9.17) is 5.14 Å². The van der Waals surface area contributed by atoms with Gasteiger partial charge < -0.3 is 15.7 Å². The van der Waals surface area contributed by atoms with Gasteiger partial charge in [-0.3, -0.25) is 4.79 Å². The summed E-state index contributed by atoms with van der Waals surface area (Å²) in [6.07, 6.45) is 1.75. The van der Waals surface area contributed by atoms with Crippen LogP contribution in [0.4, 0.5) is 11.4 Å². The van der Waals surface area contributed by atoms with Crippen molar-refractivity contribution < 1.29 is 23.1 Å². The van der Waals surface area contributed by atoms with Gasteiger partial charge in [0.1, 0.15) is 0 Å². The summed E-state index contributed by atoms with van der Waals surface area (Å²) >= 11 is 1.15. The third-order valence-electron chi connectivity index (χ3n) is 3.85. The van der Waals surface area contributed by atoms with Crippen LogP contribution in [0, 0.1) is 0 Å². The Morgan fingerprint density at radius 3 is 2.34 bits per heavy atom. The van der Waals surface area contributed by atoms with Crippen molar-refractivity contribution in [1.29, 1.82) is 0 Å². The standard InChI is InChI=1S/C19H23N3O5S2/c1-3-4-9-21-16-10-13(19(24)25)11-17(29(20,26)27)18(16)28-15-7-5-14(6-8-15)22-12(2)23/h5-8,10-11,21H,3-4,9H2,1-2H3,(H,22,23)(H,24,25)(H2,20,26,27). The number of benzene rings is 2. The Labute approximate surface area is 173 Å². The van der Waals surface area contributed by atoms with Gasteiger partial charge in [-0.2, -0.15) is 0 Å². The molecule has 2 aromatic carbocycles. The Morgan fingerprint density at radius 1 is 1.17 bits per heavy atom. The van der Waals surface area contributed by atoms with Gasteiger partial charge in [0, 0.05) is 24.1 Å². The van der Waals surface area contributed by atoms with Crippen LogP contribution in [-0.4, -0.2) is 31.9 Å². The van der Waals surface area contributed by atoms with Crippen molar-refractivity contribution in [2.75, 3.05) is 17.2 Å². The van der Waals surface area contributed by atoms with Gasteiger partial charge in [-0.15, -0.1) is 0 Å². The molecule has 0 unspecified atom stereocenters. The van der Waals surface area contributed by atoms with Crippen LogP contribution in [-0.2, 0) is 14.8 Å². The van der Waals surface area contributed by atoms with Gasteiger partial charge in [-0.25, -0.2) is 18.4 Å². The number of carboxylic acid groups (broad SMARTS) is 1. The van der Waals surface area contributed by atoms with E-state index < -0.39 is 16.0 Å². The number of rotatable bonds is 9. The molecule has 0 aliphatic heterocycles. The molecule has 0 aliphatic rings. The minimum absolute atomic E-state index is 0.168. The molecule has 0 saturated heterocycles. The molecule has 0 saturated carbocycles. The molecule has 0 heterocycles. The SMILES string of the molecule is CCCCNc1cc(C(=O)O)cc(S(N)(=O)=O)c1Sc1ccc(NC(C)=O)cc1. The number of carbonyl (C=O) groups is 2. The van der Waals surface area contributed by atoms with Gasteiger partial charge in [0.25, 0.3) is 0 Å². The van der Waals surface area contributed by atoms with E-state index in [0.29, 0.717) is 27.7 Å². The molecule has 0 radical (unpaired) electrons. The fraction of sp³-hybridized carbons (Fsp3) is 0.263. The smallest absolute Gasteiger partial charge is 0.335 e. The molecule has 2 aromatic rings. The number of sulfonamides is 1. The lowest BCUT2D eigenvalue weighted by atomic mass is 10.2. The first-order chi connectivity index (χ1) is 13.6. The molecule has 2 rings (SSSR count). The topological polar surface area (TPSA) is 139 Å². The van der Waals surface area contributed by atoms with E-state index in [1.165, 1.54) is 13.0 Å². The first-order valence-corrected chi connectivity index (χ1v) is 11.2. The zero-order valence-corrected chi connectivity index (χ0v) is 17.7. The lowest BCUT2D eigenvalue weighted by Gasteiger charge is -2.16. The van der Waals surface area contributed by atoms with Gasteiger partial charge in [0.05, 0.1) is 21.0 Å². The van der Waals surface area contributed by atoms with Crippen LogP contribution in [0.3, 0.4) is 0 Å². The van der Waals surface area contributed by atoms with E-state index in [-0.39, 0.29) is 16.4 Å². The first-order valence-electron chi connectivity index (χ1n) is 8.85. The number of carbonyl (C=O) groups excluding carboxylic acids is 1. The second-order valence-electron chi connectivity index (χ2n) is 6.29. The highest BCUT2D eigenvalue weighted by Gasteiger charge is 2.22. The van der Waals surface area contributed by atoms with E-state index in [9.17, 15) is 23.1 Å². The van der Waals surface area contributed by atoms with Crippen molar-refractivity contribution in [3.63, 3.8) is 0 Å². The summed E-state index contributed by atoms with van der Waals surface area (Å²) in [5, 5.41) is 20.5. The van der Waals surface area contributed by atoms with Crippen LogP contribution in [0.15, 0.2) is 51.1 Å². The fourth-order valence-corrected chi connectivity index (χ4v) is 4.54. The predicted octanol–water partition coefficient (Wildman–Crippen LogP) is 3.35. The molecule has 156 valence electrons. The molecular formula is C19H23N3O5S2. The highest BCUT2D eigenvalue weighted by Crippen LogP contribution is 2.39. The van der Waals surface area contributed by atoms with E-state index in [1.54, 1.807) is 24.3 Å². The van der Waals surface area contributed by atoms with Gasteiger partial charge in [0.2, 0.25) is 15.9 Å². The van der Waals surface area contributed by atoms with E-state index in [2.05, 4.69) is 10.6 Å². The second-order valence-corrected chi connectivity index (χ2v) is 8.90. The number of anilines is 2. The largest absolute Gasteiger partial charge is 0.478 e. The van der Waals surface area contributed by atoms with Gasteiger partial charge in [-0.05, 0) is 42.8 Å². The van der Waals surface area contributed by atoms with Crippen molar-refractivity contribution in [3.8, 4) is 0 Å². The molecule has 0 atom stereocenters. The molecule has 0 aromatic heterocycles. The summed E-state index contributed by atoms with van der Waals surface area (Å²) < 4.78 is 24.3. The maximum absolute atomic E-state index is 12.2. The number of aromatic carboxylic acids is 1. The molecular weight excluding hydrogens is 414 g/mol. The highest BCUT2D eigenvalue weighted by molar-refractivity contribution is 8.00. The number of primary sulfonamides is 1. The second kappa shape index (κ2) is 9.77. The number of unbranched alkanes of at least 4 members (excludes halogenated alkanes) is 1. The molecule has 8 nitrogen and oxygen atoms in total. The maximum Gasteiger partial charge on any atom is 0.335 e. The van der Waals surface area contributed by atoms with Gasteiger partial charge in [0.15, 0.2) is 0 Å². The van der Waals surface area contributed by atoms with Crippen molar-refractivity contribution in [1.82, 2.24) is 0 Å². The number of hydrogen-bond acceptors (Lipinski definition) is 6. The third kappa shape index (κ3) is 6.48. The van der Waals surface area contributed by atoms with Crippen LogP contribution in [0.5, 0.6) is 0 Å². The molecule has 5 N–H and O–H groups in total. The summed E-state index contributed by atoms with van der Waals surface area (Å²) in [6, 6.07) is 9.30. The molecule has 0 aliphatic carbocycles. The average molecular weight is 438 g/mol. The number of nitrogens with one attached hydrogen (secondary N) is 2. The van der Waals surface area contributed by atoms with Crippen LogP contribution < -0.4 is 15.8 Å². The Bertz CT molecular complexity index is 1010. The van der Waals surface area contributed by atoms with Crippen molar-refractivity contribution in [2.45, 2.75) is 41.4 Å². The Hall–Kier alpha value is -2.56. The van der Waals surface area contributed by atoms with Gasteiger partial charge >= 0.3 is 5.97 Å². The quantitative estimate of drug-likeness (QED) is 0.441. The Balaban J connectivity index is 2.51. The molecule has 10 heteroatoms. The summed E-state index contributed by atoms with van der Waals surface area (Å²) in [5.74, 6) is -1.45. The molecule has 0 fully saturated rings. The monoisotopic (exact) mass is 437 g/mol. The number of carboxylic acids is 1. The van der Waals surface area contributed by atoms with Crippen molar-refractivity contribution in [2.24, 2.45) is 5.14 Å². The molecule has 0 spiro atoms. The highest BCUT2D eigenvalue weighted by atomic mass is 32.2. The van der Waals surface area contributed by atoms with Crippen LogP contribution in [0.1, 0.15) is 37.0 Å². The van der Waals surface area contributed by atoms with Crippen molar-refractivity contribution in [3.05, 3.63) is 42.0 Å². The average Bonchev–Trinajstić information content (AvgIpc) is 2.63. The first kappa shape index (κ1) is 22.7. The number of nitrogens with two attached hydrogens (primary N) is 1. The predicted molar refractivity (Wildman–Crippen MR) is 113 cm³/mol. The zero-order chi connectivity index (χ0) is 21.6. The van der Waals surface area contributed by atoms with Crippen LogP contribution >= 0.6 is 11.8 Å². The lowest BCUT2D eigenvalue weighted by molar-refractivity contribution is -0.114. The molecule has 29 heavy (non-hydrogen) atoms. The van der Waals surface area contributed by atoms with E-state index in [0.717, 1.165) is 30.7 Å². The van der Waals surface area contributed by atoms with Crippen molar-refractivity contribution >= 4 is 45.0 Å². The summed E-state index contributed by atoms with van der Waals surface area (Å²) in [7, 11) is -4.17. The maximum atomic E-state index is 12.2. The minimum atomic E-state index is -4.17. The molecule has 0 bridgehead atoms.